The summed E-state index contributed by atoms with van der Waals surface area (Å²) in [6, 6.07) is 0.782. The van der Waals surface area contributed by atoms with Gasteiger partial charge in [0.05, 0.1) is 0 Å². The van der Waals surface area contributed by atoms with Crippen LogP contribution < -0.4 is 5.32 Å². The predicted molar refractivity (Wildman–Crippen MR) is 67.4 cm³/mol. The van der Waals surface area contributed by atoms with Gasteiger partial charge in [-0.15, -0.1) is 6.58 Å². The van der Waals surface area contributed by atoms with Gasteiger partial charge in [0.1, 0.15) is 0 Å². The SMILES string of the molecule is C=CCN1CC(C)(C2CC2)NCC1C1CC1. The van der Waals surface area contributed by atoms with E-state index in [1.807, 2.05) is 0 Å². The lowest BCUT2D eigenvalue weighted by molar-refractivity contribution is 0.0745. The topological polar surface area (TPSA) is 15.3 Å². The zero-order chi connectivity index (χ0) is 11.2. The fourth-order valence-corrected chi connectivity index (χ4v) is 3.37. The highest BCUT2D eigenvalue weighted by molar-refractivity contribution is 5.07. The highest BCUT2D eigenvalue weighted by Crippen LogP contribution is 2.44. The van der Waals surface area contributed by atoms with Crippen molar-refractivity contribution in [1.82, 2.24) is 10.2 Å². The first-order valence-corrected chi connectivity index (χ1v) is 6.83. The van der Waals surface area contributed by atoms with Crippen molar-refractivity contribution < 1.29 is 0 Å². The molecule has 2 heteroatoms. The van der Waals surface area contributed by atoms with Gasteiger partial charge in [0.25, 0.3) is 0 Å². The van der Waals surface area contributed by atoms with E-state index in [1.54, 1.807) is 0 Å². The first-order valence-electron chi connectivity index (χ1n) is 6.83. The van der Waals surface area contributed by atoms with Crippen molar-refractivity contribution >= 4 is 0 Å². The van der Waals surface area contributed by atoms with Crippen LogP contribution in [0.2, 0.25) is 0 Å². The number of rotatable bonds is 4. The summed E-state index contributed by atoms with van der Waals surface area (Å²) in [6.45, 7) is 9.84. The van der Waals surface area contributed by atoms with Crippen LogP contribution in [-0.2, 0) is 0 Å². The van der Waals surface area contributed by atoms with Crippen LogP contribution >= 0.6 is 0 Å². The summed E-state index contributed by atoms with van der Waals surface area (Å²) in [5, 5.41) is 3.84. The Morgan fingerprint density at radius 3 is 2.69 bits per heavy atom. The smallest absolute Gasteiger partial charge is 0.0309 e. The second-order valence-corrected chi connectivity index (χ2v) is 6.20. The molecule has 2 aliphatic carbocycles. The molecular formula is C14H24N2. The summed E-state index contributed by atoms with van der Waals surface area (Å²) in [5.41, 5.74) is 0.383. The predicted octanol–water partition coefficient (Wildman–Crippen LogP) is 2.02. The molecule has 1 saturated heterocycles. The molecule has 0 amide bonds. The minimum absolute atomic E-state index is 0.383. The number of hydrogen-bond acceptors (Lipinski definition) is 2. The molecule has 3 aliphatic rings. The quantitative estimate of drug-likeness (QED) is 0.729. The maximum atomic E-state index is 3.92. The molecule has 2 saturated carbocycles. The van der Waals surface area contributed by atoms with E-state index in [0.29, 0.717) is 5.54 Å². The Labute approximate surface area is 99.1 Å². The van der Waals surface area contributed by atoms with E-state index in [0.717, 1.165) is 24.4 Å². The molecule has 3 rings (SSSR count). The van der Waals surface area contributed by atoms with Crippen LogP contribution in [0, 0.1) is 11.8 Å². The Kier molecular flexibility index (Phi) is 2.60. The molecule has 0 spiro atoms. The van der Waals surface area contributed by atoms with Crippen LogP contribution in [0.25, 0.3) is 0 Å². The van der Waals surface area contributed by atoms with Crippen molar-refractivity contribution in [3.8, 4) is 0 Å². The molecule has 16 heavy (non-hydrogen) atoms. The van der Waals surface area contributed by atoms with Crippen LogP contribution in [0.5, 0.6) is 0 Å². The lowest BCUT2D eigenvalue weighted by Crippen LogP contribution is -2.64. The maximum absolute atomic E-state index is 3.92. The van der Waals surface area contributed by atoms with E-state index in [-0.39, 0.29) is 0 Å². The third kappa shape index (κ3) is 1.93. The van der Waals surface area contributed by atoms with Crippen molar-refractivity contribution in [3.63, 3.8) is 0 Å². The Bertz CT molecular complexity index is 280. The highest BCUT2D eigenvalue weighted by Gasteiger charge is 2.48. The normalized spacial score (nSPS) is 40.9. The van der Waals surface area contributed by atoms with Gasteiger partial charge >= 0.3 is 0 Å². The zero-order valence-electron chi connectivity index (χ0n) is 10.4. The molecule has 0 aromatic heterocycles. The lowest BCUT2D eigenvalue weighted by atomic mass is 9.90. The molecule has 1 heterocycles. The van der Waals surface area contributed by atoms with Crippen LogP contribution in [0.1, 0.15) is 32.6 Å². The molecule has 2 atom stereocenters. The lowest BCUT2D eigenvalue weighted by Gasteiger charge is -2.46. The van der Waals surface area contributed by atoms with Gasteiger partial charge in [0.2, 0.25) is 0 Å². The van der Waals surface area contributed by atoms with Crippen LogP contribution in [0.15, 0.2) is 12.7 Å². The summed E-state index contributed by atoms with van der Waals surface area (Å²) >= 11 is 0. The van der Waals surface area contributed by atoms with E-state index >= 15 is 0 Å². The van der Waals surface area contributed by atoms with Crippen molar-refractivity contribution in [2.24, 2.45) is 11.8 Å². The minimum atomic E-state index is 0.383. The second kappa shape index (κ2) is 3.85. The first-order chi connectivity index (χ1) is 7.73. The zero-order valence-corrected chi connectivity index (χ0v) is 10.4. The van der Waals surface area contributed by atoms with Crippen LogP contribution in [0.4, 0.5) is 0 Å². The summed E-state index contributed by atoms with van der Waals surface area (Å²) in [5.74, 6) is 1.90. The van der Waals surface area contributed by atoms with Crippen LogP contribution in [-0.4, -0.2) is 36.1 Å². The Balaban J connectivity index is 1.69. The summed E-state index contributed by atoms with van der Waals surface area (Å²) < 4.78 is 0. The molecule has 0 aromatic rings. The molecule has 90 valence electrons. The fourth-order valence-electron chi connectivity index (χ4n) is 3.37. The van der Waals surface area contributed by atoms with Crippen molar-refractivity contribution in [1.29, 1.82) is 0 Å². The monoisotopic (exact) mass is 220 g/mol. The largest absolute Gasteiger partial charge is 0.308 e. The number of nitrogens with zero attached hydrogens (tertiary/aromatic N) is 1. The maximum Gasteiger partial charge on any atom is 0.0309 e. The molecule has 0 aromatic carbocycles. The molecule has 0 bridgehead atoms. The fraction of sp³-hybridized carbons (Fsp3) is 0.857. The number of hydrogen-bond donors (Lipinski definition) is 1. The van der Waals surface area contributed by atoms with E-state index < -0.39 is 0 Å². The van der Waals surface area contributed by atoms with E-state index in [9.17, 15) is 0 Å². The Morgan fingerprint density at radius 2 is 2.12 bits per heavy atom. The average Bonchev–Trinajstić information content (AvgIpc) is 3.12. The van der Waals surface area contributed by atoms with E-state index in [2.05, 4.69) is 29.8 Å². The number of piperazine rings is 1. The van der Waals surface area contributed by atoms with Gasteiger partial charge in [-0.1, -0.05) is 6.08 Å². The average molecular weight is 220 g/mol. The number of nitrogens with one attached hydrogen (secondary N) is 1. The summed E-state index contributed by atoms with van der Waals surface area (Å²) in [4.78, 5) is 2.68. The van der Waals surface area contributed by atoms with Gasteiger partial charge in [0, 0.05) is 31.2 Å². The molecular weight excluding hydrogens is 196 g/mol. The van der Waals surface area contributed by atoms with E-state index in [4.69, 9.17) is 0 Å². The van der Waals surface area contributed by atoms with Crippen LogP contribution in [0.3, 0.4) is 0 Å². The second-order valence-electron chi connectivity index (χ2n) is 6.20. The van der Waals surface area contributed by atoms with Gasteiger partial charge in [-0.2, -0.15) is 0 Å². The van der Waals surface area contributed by atoms with Gasteiger partial charge < -0.3 is 5.32 Å². The van der Waals surface area contributed by atoms with Gasteiger partial charge in [-0.25, -0.2) is 0 Å². The highest BCUT2D eigenvalue weighted by atomic mass is 15.3. The van der Waals surface area contributed by atoms with Crippen molar-refractivity contribution in [2.45, 2.75) is 44.2 Å². The van der Waals surface area contributed by atoms with Gasteiger partial charge in [-0.3, -0.25) is 4.90 Å². The molecule has 1 aliphatic heterocycles. The third-order valence-electron chi connectivity index (χ3n) is 4.72. The molecule has 3 fully saturated rings. The van der Waals surface area contributed by atoms with E-state index in [1.165, 1.54) is 38.8 Å². The minimum Gasteiger partial charge on any atom is -0.308 e. The molecule has 2 unspecified atom stereocenters. The summed E-state index contributed by atoms with van der Waals surface area (Å²) in [6.07, 6.45) is 7.83. The Hall–Kier alpha value is -0.340. The van der Waals surface area contributed by atoms with Crippen molar-refractivity contribution in [2.75, 3.05) is 19.6 Å². The Morgan fingerprint density at radius 1 is 1.38 bits per heavy atom. The van der Waals surface area contributed by atoms with Crippen molar-refractivity contribution in [3.05, 3.63) is 12.7 Å². The third-order valence-corrected chi connectivity index (χ3v) is 4.72. The summed E-state index contributed by atoms with van der Waals surface area (Å²) in [7, 11) is 0. The standard InChI is InChI=1S/C14H24N2/c1-3-8-16-10-14(2,12-6-7-12)15-9-13(16)11-4-5-11/h3,11-13,15H,1,4-10H2,2H3. The van der Waals surface area contributed by atoms with Gasteiger partial charge in [0.15, 0.2) is 0 Å². The molecule has 0 radical (unpaired) electrons. The molecule has 1 N–H and O–H groups in total. The van der Waals surface area contributed by atoms with Gasteiger partial charge in [-0.05, 0) is 44.4 Å². The first kappa shape index (κ1) is 10.8. The molecule has 2 nitrogen and oxygen atoms in total.